The third kappa shape index (κ3) is 3.22. The first-order valence-corrected chi connectivity index (χ1v) is 5.21. The topological polar surface area (TPSA) is 0 Å². The van der Waals surface area contributed by atoms with Crippen LogP contribution in [0, 0.1) is 0 Å². The van der Waals surface area contributed by atoms with E-state index < -0.39 is 11.7 Å². The van der Waals surface area contributed by atoms with Gasteiger partial charge in [0.05, 0.1) is 5.56 Å². The average molecular weight is 240 g/mol. The van der Waals surface area contributed by atoms with E-state index in [1.165, 1.54) is 12.1 Å². The maximum absolute atomic E-state index is 12.4. The summed E-state index contributed by atoms with van der Waals surface area (Å²) in [5.74, 6) is -0.0858. The Hall–Kier alpha value is -1.51. The fourth-order valence-electron chi connectivity index (χ4n) is 1.85. The maximum Gasteiger partial charge on any atom is 0.416 e. The molecular formula is C14H15F3. The summed E-state index contributed by atoms with van der Waals surface area (Å²) in [6.07, 6.45) is -4.29. The van der Waals surface area contributed by atoms with Crippen molar-refractivity contribution in [2.24, 2.45) is 0 Å². The van der Waals surface area contributed by atoms with Gasteiger partial charge in [-0.25, -0.2) is 0 Å². The minimum atomic E-state index is -4.29. The fourth-order valence-corrected chi connectivity index (χ4v) is 1.85. The van der Waals surface area contributed by atoms with Crippen LogP contribution in [0.4, 0.5) is 13.2 Å². The maximum atomic E-state index is 12.4. The Bertz CT molecular complexity index is 410. The lowest BCUT2D eigenvalue weighted by molar-refractivity contribution is -0.137. The Kier molecular flexibility index (Phi) is 3.81. The summed E-state index contributed by atoms with van der Waals surface area (Å²) in [4.78, 5) is 0. The highest BCUT2D eigenvalue weighted by Crippen LogP contribution is 2.33. The van der Waals surface area contributed by atoms with Crippen molar-refractivity contribution in [2.45, 2.75) is 25.9 Å². The molecule has 0 bridgehead atoms. The second-order valence-corrected chi connectivity index (χ2v) is 4.25. The van der Waals surface area contributed by atoms with Crippen LogP contribution in [-0.4, -0.2) is 0 Å². The van der Waals surface area contributed by atoms with E-state index in [1.54, 1.807) is 0 Å². The zero-order valence-electron chi connectivity index (χ0n) is 9.93. The lowest BCUT2D eigenvalue weighted by Crippen LogP contribution is -2.06. The summed E-state index contributed by atoms with van der Waals surface area (Å²) in [6.45, 7) is 11.4. The van der Waals surface area contributed by atoms with Gasteiger partial charge in [0.15, 0.2) is 0 Å². The van der Waals surface area contributed by atoms with Gasteiger partial charge in [0, 0.05) is 5.92 Å². The van der Waals surface area contributed by atoms with Crippen molar-refractivity contribution in [2.75, 3.05) is 0 Å². The highest BCUT2D eigenvalue weighted by Gasteiger charge is 2.30. The fraction of sp³-hybridized carbons (Fsp3) is 0.286. The predicted octanol–water partition coefficient (Wildman–Crippen LogP) is 4.94. The second kappa shape index (κ2) is 4.78. The number of allylic oxidation sites excluding steroid dienone is 2. The SMILES string of the molecule is C=C(C)C(C(=C)C)c1ccc(C(F)(F)F)cc1. The van der Waals surface area contributed by atoms with Gasteiger partial charge in [-0.15, -0.1) is 0 Å². The Morgan fingerprint density at radius 3 is 1.71 bits per heavy atom. The summed E-state index contributed by atoms with van der Waals surface area (Å²) in [7, 11) is 0. The van der Waals surface area contributed by atoms with Gasteiger partial charge in [0.2, 0.25) is 0 Å². The molecule has 0 aliphatic rings. The Morgan fingerprint density at radius 2 is 1.41 bits per heavy atom. The molecule has 92 valence electrons. The Morgan fingerprint density at radius 1 is 1.00 bits per heavy atom. The molecule has 0 fully saturated rings. The molecule has 0 N–H and O–H groups in total. The number of hydrogen-bond acceptors (Lipinski definition) is 0. The van der Waals surface area contributed by atoms with Gasteiger partial charge in [0.1, 0.15) is 0 Å². The number of benzene rings is 1. The van der Waals surface area contributed by atoms with Gasteiger partial charge in [-0.2, -0.15) is 13.2 Å². The summed E-state index contributed by atoms with van der Waals surface area (Å²) in [5.41, 5.74) is 1.90. The van der Waals surface area contributed by atoms with Crippen molar-refractivity contribution in [3.63, 3.8) is 0 Å². The normalized spacial score (nSPS) is 11.6. The van der Waals surface area contributed by atoms with Crippen LogP contribution in [0.25, 0.3) is 0 Å². The van der Waals surface area contributed by atoms with E-state index in [0.717, 1.165) is 28.8 Å². The minimum Gasteiger partial charge on any atom is -0.166 e. The van der Waals surface area contributed by atoms with E-state index in [1.807, 2.05) is 13.8 Å². The molecule has 0 unspecified atom stereocenters. The van der Waals surface area contributed by atoms with Gasteiger partial charge >= 0.3 is 6.18 Å². The largest absolute Gasteiger partial charge is 0.416 e. The molecule has 0 aliphatic carbocycles. The van der Waals surface area contributed by atoms with E-state index in [4.69, 9.17) is 0 Å². The lowest BCUT2D eigenvalue weighted by atomic mass is 9.87. The second-order valence-electron chi connectivity index (χ2n) is 4.25. The van der Waals surface area contributed by atoms with Crippen molar-refractivity contribution in [3.8, 4) is 0 Å². The van der Waals surface area contributed by atoms with Crippen LogP contribution in [0.2, 0.25) is 0 Å². The van der Waals surface area contributed by atoms with Gasteiger partial charge in [-0.3, -0.25) is 0 Å². The van der Waals surface area contributed by atoms with Gasteiger partial charge in [-0.05, 0) is 31.5 Å². The molecule has 0 aliphatic heterocycles. The smallest absolute Gasteiger partial charge is 0.166 e. The number of hydrogen-bond donors (Lipinski definition) is 0. The third-order valence-corrected chi connectivity index (χ3v) is 2.56. The molecule has 17 heavy (non-hydrogen) atoms. The summed E-state index contributed by atoms with van der Waals surface area (Å²) >= 11 is 0. The van der Waals surface area contributed by atoms with Crippen molar-refractivity contribution < 1.29 is 13.2 Å². The zero-order chi connectivity index (χ0) is 13.2. The highest BCUT2D eigenvalue weighted by molar-refractivity contribution is 5.37. The Balaban J connectivity index is 3.09. The molecule has 1 rings (SSSR count). The molecule has 0 heterocycles. The quantitative estimate of drug-likeness (QED) is 0.656. The van der Waals surface area contributed by atoms with Crippen molar-refractivity contribution in [1.82, 2.24) is 0 Å². The molecule has 1 aromatic rings. The Labute approximate surface area is 99.5 Å². The van der Waals surface area contributed by atoms with Crippen LogP contribution >= 0.6 is 0 Å². The first-order chi connectivity index (χ1) is 7.73. The molecule has 0 spiro atoms. The molecule has 0 amide bonds. The standard InChI is InChI=1S/C14H15F3/c1-9(2)13(10(3)4)11-5-7-12(8-6-11)14(15,16)17/h5-8,13H,1,3H2,2,4H3. The summed E-state index contributed by atoms with van der Waals surface area (Å²) in [6, 6.07) is 5.15. The van der Waals surface area contributed by atoms with Crippen LogP contribution in [0.5, 0.6) is 0 Å². The molecule has 0 atom stereocenters. The molecule has 3 heteroatoms. The molecule has 0 aromatic heterocycles. The molecular weight excluding hydrogens is 225 g/mol. The van der Waals surface area contributed by atoms with E-state index in [-0.39, 0.29) is 5.92 Å². The number of rotatable bonds is 3. The van der Waals surface area contributed by atoms with E-state index in [0.29, 0.717) is 0 Å². The minimum absolute atomic E-state index is 0.0858. The zero-order valence-corrected chi connectivity index (χ0v) is 9.93. The van der Waals surface area contributed by atoms with Crippen LogP contribution < -0.4 is 0 Å². The highest BCUT2D eigenvalue weighted by atomic mass is 19.4. The van der Waals surface area contributed by atoms with E-state index in [9.17, 15) is 13.2 Å². The van der Waals surface area contributed by atoms with Crippen molar-refractivity contribution >= 4 is 0 Å². The van der Waals surface area contributed by atoms with Crippen LogP contribution in [0.15, 0.2) is 48.6 Å². The van der Waals surface area contributed by atoms with Crippen LogP contribution in [0.1, 0.15) is 30.9 Å². The molecule has 0 saturated carbocycles. The third-order valence-electron chi connectivity index (χ3n) is 2.56. The lowest BCUT2D eigenvalue weighted by Gasteiger charge is -2.18. The van der Waals surface area contributed by atoms with Gasteiger partial charge in [-0.1, -0.05) is 36.4 Å². The van der Waals surface area contributed by atoms with E-state index >= 15 is 0 Å². The first kappa shape index (κ1) is 13.6. The van der Waals surface area contributed by atoms with Crippen LogP contribution in [0.3, 0.4) is 0 Å². The average Bonchev–Trinajstić information content (AvgIpc) is 2.15. The number of halogens is 3. The van der Waals surface area contributed by atoms with E-state index in [2.05, 4.69) is 13.2 Å². The van der Waals surface area contributed by atoms with Gasteiger partial charge < -0.3 is 0 Å². The molecule has 0 nitrogen and oxygen atoms in total. The molecule has 0 radical (unpaired) electrons. The van der Waals surface area contributed by atoms with Crippen LogP contribution in [-0.2, 0) is 6.18 Å². The number of alkyl halides is 3. The molecule has 1 aromatic carbocycles. The van der Waals surface area contributed by atoms with Gasteiger partial charge in [0.25, 0.3) is 0 Å². The summed E-state index contributed by atoms with van der Waals surface area (Å²) in [5, 5.41) is 0. The molecule has 0 saturated heterocycles. The monoisotopic (exact) mass is 240 g/mol. The predicted molar refractivity (Wildman–Crippen MR) is 63.8 cm³/mol. The first-order valence-electron chi connectivity index (χ1n) is 5.21. The van der Waals surface area contributed by atoms with Crippen molar-refractivity contribution in [1.29, 1.82) is 0 Å². The summed E-state index contributed by atoms with van der Waals surface area (Å²) < 4.78 is 37.2. The van der Waals surface area contributed by atoms with Crippen molar-refractivity contribution in [3.05, 3.63) is 59.7 Å².